The molecular weight excluding hydrogens is 282 g/mol. The largest absolute Gasteiger partial charge is 0.494 e. The quantitative estimate of drug-likeness (QED) is 0.713. The van der Waals surface area contributed by atoms with Crippen LogP contribution in [0.15, 0.2) is 42.5 Å². The molecule has 0 amide bonds. The molecule has 0 bridgehead atoms. The minimum atomic E-state index is 0.362. The van der Waals surface area contributed by atoms with Crippen LogP contribution in [-0.2, 0) is 6.42 Å². The molecule has 1 atom stereocenters. The molecular formula is C21H29NO. The summed E-state index contributed by atoms with van der Waals surface area (Å²) in [6.45, 7) is 7.94. The van der Waals surface area contributed by atoms with Crippen LogP contribution in [0.5, 0.6) is 5.75 Å². The zero-order valence-electron chi connectivity index (χ0n) is 14.6. The second-order valence-electron chi connectivity index (χ2n) is 6.33. The van der Waals surface area contributed by atoms with Crippen molar-refractivity contribution in [2.24, 2.45) is 5.73 Å². The lowest BCUT2D eigenvalue weighted by Crippen LogP contribution is -2.15. The summed E-state index contributed by atoms with van der Waals surface area (Å²) in [7, 11) is 0. The van der Waals surface area contributed by atoms with Gasteiger partial charge in [-0.3, -0.25) is 0 Å². The molecule has 23 heavy (non-hydrogen) atoms. The van der Waals surface area contributed by atoms with E-state index in [0.717, 1.165) is 31.6 Å². The molecule has 2 heteroatoms. The number of hydrogen-bond donors (Lipinski definition) is 1. The fourth-order valence-electron chi connectivity index (χ4n) is 2.70. The van der Waals surface area contributed by atoms with Crippen LogP contribution in [0.2, 0.25) is 0 Å². The van der Waals surface area contributed by atoms with Crippen molar-refractivity contribution in [3.63, 3.8) is 0 Å². The fraction of sp³-hybridized carbons (Fsp3) is 0.429. The summed E-state index contributed by atoms with van der Waals surface area (Å²) in [6.07, 6.45) is 3.23. The highest BCUT2D eigenvalue weighted by Gasteiger charge is 2.11. The van der Waals surface area contributed by atoms with E-state index in [2.05, 4.69) is 63.2 Å². The molecule has 0 aliphatic rings. The maximum Gasteiger partial charge on any atom is 0.119 e. The Kier molecular flexibility index (Phi) is 6.66. The number of aryl methyl sites for hydroxylation is 2. The van der Waals surface area contributed by atoms with Gasteiger partial charge in [-0.1, -0.05) is 43.7 Å². The minimum absolute atomic E-state index is 0.362. The second kappa shape index (κ2) is 8.73. The van der Waals surface area contributed by atoms with Gasteiger partial charge in [0, 0.05) is 5.92 Å². The van der Waals surface area contributed by atoms with Crippen LogP contribution in [-0.4, -0.2) is 13.2 Å². The van der Waals surface area contributed by atoms with Gasteiger partial charge in [0.1, 0.15) is 5.75 Å². The smallest absolute Gasteiger partial charge is 0.119 e. The van der Waals surface area contributed by atoms with Gasteiger partial charge in [-0.25, -0.2) is 0 Å². The van der Waals surface area contributed by atoms with Crippen LogP contribution in [0.4, 0.5) is 0 Å². The van der Waals surface area contributed by atoms with Gasteiger partial charge in [-0.05, 0) is 67.6 Å². The van der Waals surface area contributed by atoms with Gasteiger partial charge < -0.3 is 10.5 Å². The van der Waals surface area contributed by atoms with Crippen molar-refractivity contribution in [1.29, 1.82) is 0 Å². The molecule has 0 aromatic heterocycles. The van der Waals surface area contributed by atoms with Crippen LogP contribution < -0.4 is 10.5 Å². The normalized spacial score (nSPS) is 12.2. The lowest BCUT2D eigenvalue weighted by Gasteiger charge is -2.17. The van der Waals surface area contributed by atoms with Crippen molar-refractivity contribution in [1.82, 2.24) is 0 Å². The standard InChI is InChI=1S/C21H29NO/c1-4-5-12-23-21-10-7-18(8-11-21)14-20(15-22)19-9-6-16(2)17(3)13-19/h6-11,13,20H,4-5,12,14-15,22H2,1-3H3. The predicted molar refractivity (Wildman–Crippen MR) is 98.3 cm³/mol. The molecule has 0 heterocycles. The van der Waals surface area contributed by atoms with E-state index in [0.29, 0.717) is 12.5 Å². The number of ether oxygens (including phenoxy) is 1. The van der Waals surface area contributed by atoms with E-state index in [1.807, 2.05) is 0 Å². The molecule has 0 radical (unpaired) electrons. The van der Waals surface area contributed by atoms with Crippen molar-refractivity contribution >= 4 is 0 Å². The van der Waals surface area contributed by atoms with Gasteiger partial charge in [0.05, 0.1) is 6.61 Å². The molecule has 0 saturated carbocycles. The first-order chi connectivity index (χ1) is 11.1. The molecule has 2 aromatic carbocycles. The van der Waals surface area contributed by atoms with Crippen LogP contribution in [0.3, 0.4) is 0 Å². The van der Waals surface area contributed by atoms with Crippen molar-refractivity contribution in [2.45, 2.75) is 46.0 Å². The first-order valence-corrected chi connectivity index (χ1v) is 8.63. The Labute approximate surface area is 140 Å². The van der Waals surface area contributed by atoms with Crippen molar-refractivity contribution in [3.8, 4) is 5.75 Å². The summed E-state index contributed by atoms with van der Waals surface area (Å²) in [5.74, 6) is 1.32. The third-order valence-electron chi connectivity index (χ3n) is 4.46. The van der Waals surface area contributed by atoms with E-state index in [9.17, 15) is 0 Å². The van der Waals surface area contributed by atoms with E-state index < -0.39 is 0 Å². The molecule has 124 valence electrons. The number of benzene rings is 2. The third kappa shape index (κ3) is 5.11. The fourth-order valence-corrected chi connectivity index (χ4v) is 2.70. The van der Waals surface area contributed by atoms with Gasteiger partial charge in [-0.2, -0.15) is 0 Å². The second-order valence-corrected chi connectivity index (χ2v) is 6.33. The van der Waals surface area contributed by atoms with E-state index in [-0.39, 0.29) is 0 Å². The number of nitrogens with two attached hydrogens (primary N) is 1. The van der Waals surface area contributed by atoms with E-state index in [1.54, 1.807) is 0 Å². The van der Waals surface area contributed by atoms with Gasteiger partial charge in [0.15, 0.2) is 0 Å². The van der Waals surface area contributed by atoms with E-state index in [1.165, 1.54) is 22.3 Å². The summed E-state index contributed by atoms with van der Waals surface area (Å²) in [5.41, 5.74) is 11.3. The summed E-state index contributed by atoms with van der Waals surface area (Å²) in [5, 5.41) is 0. The third-order valence-corrected chi connectivity index (χ3v) is 4.46. The molecule has 0 fully saturated rings. The first-order valence-electron chi connectivity index (χ1n) is 8.63. The van der Waals surface area contributed by atoms with Gasteiger partial charge in [-0.15, -0.1) is 0 Å². The first kappa shape index (κ1) is 17.6. The van der Waals surface area contributed by atoms with Gasteiger partial charge in [0.25, 0.3) is 0 Å². The average molecular weight is 311 g/mol. The SMILES string of the molecule is CCCCOc1ccc(CC(CN)c2ccc(C)c(C)c2)cc1. The van der Waals surface area contributed by atoms with E-state index >= 15 is 0 Å². The summed E-state index contributed by atoms with van der Waals surface area (Å²) < 4.78 is 5.72. The van der Waals surface area contributed by atoms with Crippen LogP contribution in [0, 0.1) is 13.8 Å². The van der Waals surface area contributed by atoms with Crippen molar-refractivity contribution in [2.75, 3.05) is 13.2 Å². The molecule has 0 saturated heterocycles. The summed E-state index contributed by atoms with van der Waals surface area (Å²) in [4.78, 5) is 0. The Morgan fingerprint density at radius 1 is 1.00 bits per heavy atom. The maximum absolute atomic E-state index is 6.03. The van der Waals surface area contributed by atoms with Crippen LogP contribution >= 0.6 is 0 Å². The van der Waals surface area contributed by atoms with Gasteiger partial charge >= 0.3 is 0 Å². The highest BCUT2D eigenvalue weighted by Crippen LogP contribution is 2.23. The zero-order valence-corrected chi connectivity index (χ0v) is 14.6. The highest BCUT2D eigenvalue weighted by atomic mass is 16.5. The monoisotopic (exact) mass is 311 g/mol. The molecule has 0 spiro atoms. The molecule has 0 aliphatic heterocycles. The molecule has 0 aliphatic carbocycles. The molecule has 2 N–H and O–H groups in total. The Morgan fingerprint density at radius 2 is 1.74 bits per heavy atom. The minimum Gasteiger partial charge on any atom is -0.494 e. The lowest BCUT2D eigenvalue weighted by atomic mass is 9.90. The lowest BCUT2D eigenvalue weighted by molar-refractivity contribution is 0.309. The predicted octanol–water partition coefficient (Wildman–Crippen LogP) is 4.77. The topological polar surface area (TPSA) is 35.2 Å². The maximum atomic E-state index is 6.03. The Morgan fingerprint density at radius 3 is 2.35 bits per heavy atom. The summed E-state index contributed by atoms with van der Waals surface area (Å²) in [6, 6.07) is 15.1. The average Bonchev–Trinajstić information content (AvgIpc) is 2.57. The molecule has 2 nitrogen and oxygen atoms in total. The summed E-state index contributed by atoms with van der Waals surface area (Å²) >= 11 is 0. The number of rotatable bonds is 8. The Bertz CT molecular complexity index is 604. The molecule has 2 aromatic rings. The van der Waals surface area contributed by atoms with Crippen LogP contribution in [0.25, 0.3) is 0 Å². The highest BCUT2D eigenvalue weighted by molar-refractivity contribution is 5.34. The van der Waals surface area contributed by atoms with Crippen molar-refractivity contribution in [3.05, 3.63) is 64.7 Å². The van der Waals surface area contributed by atoms with E-state index in [4.69, 9.17) is 10.5 Å². The van der Waals surface area contributed by atoms with Crippen LogP contribution in [0.1, 0.15) is 47.9 Å². The van der Waals surface area contributed by atoms with Crippen molar-refractivity contribution < 1.29 is 4.74 Å². The van der Waals surface area contributed by atoms with Gasteiger partial charge in [0.2, 0.25) is 0 Å². The Hall–Kier alpha value is -1.80. The zero-order chi connectivity index (χ0) is 16.7. The number of hydrogen-bond acceptors (Lipinski definition) is 2. The Balaban J connectivity index is 2.02. The number of unbranched alkanes of at least 4 members (excludes halogenated alkanes) is 1. The molecule has 2 rings (SSSR count). The molecule has 1 unspecified atom stereocenters.